The second-order valence-corrected chi connectivity index (χ2v) is 5.33. The summed E-state index contributed by atoms with van der Waals surface area (Å²) in [6, 6.07) is 12.3. The summed E-state index contributed by atoms with van der Waals surface area (Å²) in [5.41, 5.74) is 2.40. The highest BCUT2D eigenvalue weighted by Gasteiger charge is 2.10. The molecule has 0 spiro atoms. The molecule has 1 atom stereocenters. The number of benzene rings is 1. The molecule has 1 heterocycles. The van der Waals surface area contributed by atoms with Crippen LogP contribution < -0.4 is 5.32 Å². The first-order chi connectivity index (χ1) is 10.2. The molecular weight excluding hydrogens is 262 g/mol. The van der Waals surface area contributed by atoms with Crippen LogP contribution in [0, 0.1) is 6.92 Å². The van der Waals surface area contributed by atoms with Gasteiger partial charge in [0, 0.05) is 12.1 Å². The van der Waals surface area contributed by atoms with Crippen molar-refractivity contribution in [2.24, 2.45) is 0 Å². The first-order valence-electron chi connectivity index (χ1n) is 7.66. The Morgan fingerprint density at radius 1 is 1.24 bits per heavy atom. The molecule has 0 radical (unpaired) electrons. The summed E-state index contributed by atoms with van der Waals surface area (Å²) in [6.45, 7) is 8.63. The van der Waals surface area contributed by atoms with E-state index in [-0.39, 0.29) is 6.10 Å². The second-order valence-electron chi connectivity index (χ2n) is 5.33. The van der Waals surface area contributed by atoms with Gasteiger partial charge in [0.1, 0.15) is 18.1 Å². The zero-order chi connectivity index (χ0) is 15.1. The van der Waals surface area contributed by atoms with Gasteiger partial charge >= 0.3 is 0 Å². The van der Waals surface area contributed by atoms with Gasteiger partial charge in [-0.25, -0.2) is 0 Å². The first kappa shape index (κ1) is 15.8. The molecule has 0 aliphatic carbocycles. The normalized spacial score (nSPS) is 12.5. The largest absolute Gasteiger partial charge is 0.464 e. The molecule has 0 amide bonds. The van der Waals surface area contributed by atoms with E-state index in [1.165, 1.54) is 11.1 Å². The SMILES string of the molecule is CCCNCc1cc(COC(C)c2ccccc2)oc1C. The highest BCUT2D eigenvalue weighted by molar-refractivity contribution is 5.21. The van der Waals surface area contributed by atoms with Gasteiger partial charge in [0.15, 0.2) is 0 Å². The van der Waals surface area contributed by atoms with Crippen LogP contribution in [0.5, 0.6) is 0 Å². The van der Waals surface area contributed by atoms with Crippen LogP contribution in [-0.2, 0) is 17.9 Å². The van der Waals surface area contributed by atoms with Crippen molar-refractivity contribution in [2.45, 2.75) is 46.4 Å². The minimum Gasteiger partial charge on any atom is -0.464 e. The Hall–Kier alpha value is -1.58. The molecule has 21 heavy (non-hydrogen) atoms. The Kier molecular flexibility index (Phi) is 6.03. The molecule has 1 N–H and O–H groups in total. The Balaban J connectivity index is 1.87. The van der Waals surface area contributed by atoms with Crippen molar-refractivity contribution in [2.75, 3.05) is 6.54 Å². The molecule has 3 heteroatoms. The van der Waals surface area contributed by atoms with Gasteiger partial charge in [0.2, 0.25) is 0 Å². The van der Waals surface area contributed by atoms with Crippen LogP contribution >= 0.6 is 0 Å². The Bertz CT molecular complexity index is 533. The molecule has 1 aromatic carbocycles. The molecule has 1 unspecified atom stereocenters. The minimum atomic E-state index is 0.0678. The fourth-order valence-corrected chi connectivity index (χ4v) is 2.26. The predicted octanol–water partition coefficient (Wildman–Crippen LogP) is 4.37. The lowest BCUT2D eigenvalue weighted by atomic mass is 10.1. The van der Waals surface area contributed by atoms with E-state index >= 15 is 0 Å². The van der Waals surface area contributed by atoms with Gasteiger partial charge in [-0.3, -0.25) is 0 Å². The topological polar surface area (TPSA) is 34.4 Å². The molecule has 1 aromatic heterocycles. The van der Waals surface area contributed by atoms with Crippen LogP contribution in [-0.4, -0.2) is 6.54 Å². The zero-order valence-electron chi connectivity index (χ0n) is 13.2. The lowest BCUT2D eigenvalue weighted by molar-refractivity contribution is 0.0416. The number of hydrogen-bond donors (Lipinski definition) is 1. The third-order valence-corrected chi connectivity index (χ3v) is 3.56. The Labute approximate surface area is 127 Å². The molecule has 2 aromatic rings. The van der Waals surface area contributed by atoms with Crippen molar-refractivity contribution in [1.29, 1.82) is 0 Å². The summed E-state index contributed by atoms with van der Waals surface area (Å²) in [5.74, 6) is 1.87. The zero-order valence-corrected chi connectivity index (χ0v) is 13.2. The van der Waals surface area contributed by atoms with Crippen LogP contribution in [0.1, 0.15) is 49.0 Å². The van der Waals surface area contributed by atoms with Gasteiger partial charge in [0.05, 0.1) is 6.10 Å². The number of rotatable bonds is 8. The minimum absolute atomic E-state index is 0.0678. The van der Waals surface area contributed by atoms with Crippen molar-refractivity contribution < 1.29 is 9.15 Å². The number of aryl methyl sites for hydroxylation is 1. The van der Waals surface area contributed by atoms with Crippen molar-refractivity contribution in [3.05, 3.63) is 59.0 Å². The summed E-state index contributed by atoms with van der Waals surface area (Å²) in [6.07, 6.45) is 1.21. The molecule has 0 saturated heterocycles. The summed E-state index contributed by atoms with van der Waals surface area (Å²) in [5, 5.41) is 3.40. The monoisotopic (exact) mass is 287 g/mol. The maximum absolute atomic E-state index is 5.89. The predicted molar refractivity (Wildman–Crippen MR) is 85.1 cm³/mol. The van der Waals surface area contributed by atoms with Crippen LogP contribution in [0.4, 0.5) is 0 Å². The molecule has 0 aliphatic heterocycles. The van der Waals surface area contributed by atoms with Gasteiger partial charge in [-0.2, -0.15) is 0 Å². The van der Waals surface area contributed by atoms with Gasteiger partial charge < -0.3 is 14.5 Å². The third kappa shape index (κ3) is 4.73. The van der Waals surface area contributed by atoms with Crippen molar-refractivity contribution in [3.63, 3.8) is 0 Å². The van der Waals surface area contributed by atoms with Crippen LogP contribution in [0.3, 0.4) is 0 Å². The lowest BCUT2D eigenvalue weighted by Gasteiger charge is -2.12. The highest BCUT2D eigenvalue weighted by Crippen LogP contribution is 2.20. The van der Waals surface area contributed by atoms with E-state index in [2.05, 4.69) is 37.4 Å². The van der Waals surface area contributed by atoms with Gasteiger partial charge in [-0.1, -0.05) is 37.3 Å². The molecule has 2 rings (SSSR count). The maximum atomic E-state index is 5.89. The van der Waals surface area contributed by atoms with E-state index in [0.717, 1.165) is 31.0 Å². The van der Waals surface area contributed by atoms with E-state index < -0.39 is 0 Å². The van der Waals surface area contributed by atoms with Crippen LogP contribution in [0.15, 0.2) is 40.8 Å². The number of furan rings is 1. The van der Waals surface area contributed by atoms with Gasteiger partial charge in [0.25, 0.3) is 0 Å². The average molecular weight is 287 g/mol. The molecule has 0 fully saturated rings. The van der Waals surface area contributed by atoms with Gasteiger partial charge in [-0.15, -0.1) is 0 Å². The number of ether oxygens (including phenoxy) is 1. The van der Waals surface area contributed by atoms with E-state index in [1.54, 1.807) is 0 Å². The third-order valence-electron chi connectivity index (χ3n) is 3.56. The molecule has 0 aliphatic rings. The van der Waals surface area contributed by atoms with E-state index in [4.69, 9.17) is 9.15 Å². The van der Waals surface area contributed by atoms with Crippen molar-refractivity contribution in [1.82, 2.24) is 5.32 Å². The standard InChI is InChI=1S/C18H25NO2/c1-4-10-19-12-17-11-18(21-15(17)3)13-20-14(2)16-8-6-5-7-9-16/h5-9,11,14,19H,4,10,12-13H2,1-3H3. The Morgan fingerprint density at radius 3 is 2.71 bits per heavy atom. The molecule has 0 saturated carbocycles. The van der Waals surface area contributed by atoms with Crippen molar-refractivity contribution in [3.8, 4) is 0 Å². The van der Waals surface area contributed by atoms with Gasteiger partial charge in [-0.05, 0) is 38.4 Å². The molecule has 0 bridgehead atoms. The van der Waals surface area contributed by atoms with Crippen LogP contribution in [0.25, 0.3) is 0 Å². The van der Waals surface area contributed by atoms with E-state index in [9.17, 15) is 0 Å². The summed E-state index contributed by atoms with van der Waals surface area (Å²) < 4.78 is 11.7. The fraction of sp³-hybridized carbons (Fsp3) is 0.444. The second kappa shape index (κ2) is 8.01. The first-order valence-corrected chi connectivity index (χ1v) is 7.66. The Morgan fingerprint density at radius 2 is 2.00 bits per heavy atom. The molecule has 3 nitrogen and oxygen atoms in total. The smallest absolute Gasteiger partial charge is 0.130 e. The molecular formula is C18H25NO2. The number of hydrogen-bond acceptors (Lipinski definition) is 3. The van der Waals surface area contributed by atoms with E-state index in [1.807, 2.05) is 25.1 Å². The maximum Gasteiger partial charge on any atom is 0.130 e. The fourth-order valence-electron chi connectivity index (χ4n) is 2.26. The lowest BCUT2D eigenvalue weighted by Crippen LogP contribution is -2.13. The quantitative estimate of drug-likeness (QED) is 0.732. The molecule has 114 valence electrons. The highest BCUT2D eigenvalue weighted by atomic mass is 16.5. The summed E-state index contributed by atoms with van der Waals surface area (Å²) in [4.78, 5) is 0. The number of nitrogens with one attached hydrogen (secondary N) is 1. The van der Waals surface area contributed by atoms with Crippen LogP contribution in [0.2, 0.25) is 0 Å². The van der Waals surface area contributed by atoms with E-state index in [0.29, 0.717) is 6.61 Å². The summed E-state index contributed by atoms with van der Waals surface area (Å²) in [7, 11) is 0. The van der Waals surface area contributed by atoms with Crippen molar-refractivity contribution >= 4 is 0 Å². The summed E-state index contributed by atoms with van der Waals surface area (Å²) >= 11 is 0. The average Bonchev–Trinajstić information content (AvgIpc) is 2.86.